The Morgan fingerprint density at radius 1 is 1.24 bits per heavy atom. The molecule has 1 aromatic carbocycles. The summed E-state index contributed by atoms with van der Waals surface area (Å²) >= 11 is 0. The van der Waals surface area contributed by atoms with Gasteiger partial charge in [-0.05, 0) is 18.1 Å². The van der Waals surface area contributed by atoms with Gasteiger partial charge in [-0.2, -0.15) is 13.2 Å². The molecular weight excluding hydrogens is 339 g/mol. The quantitative estimate of drug-likeness (QED) is 0.725. The molecule has 0 fully saturated rings. The Hall–Kier alpha value is -2.38. The molecular formula is C17H20F3NO4. The molecule has 0 aliphatic rings. The lowest BCUT2D eigenvalue weighted by molar-refractivity contribution is -0.145. The average Bonchev–Trinajstić information content (AvgIpc) is 2.56. The number of halogens is 3. The SMILES string of the molecule is CCC(=O)CC[C@@H](NC(=O)Cc1cccc(C(F)(F)F)c1)C(=O)OC. The second-order valence-electron chi connectivity index (χ2n) is 5.45. The zero-order chi connectivity index (χ0) is 19.0. The lowest BCUT2D eigenvalue weighted by Gasteiger charge is -2.16. The van der Waals surface area contributed by atoms with Gasteiger partial charge in [0.2, 0.25) is 5.91 Å². The topological polar surface area (TPSA) is 72.5 Å². The third kappa shape index (κ3) is 6.94. The molecule has 8 heteroatoms. The first-order valence-corrected chi connectivity index (χ1v) is 7.72. The minimum atomic E-state index is -4.50. The van der Waals surface area contributed by atoms with Crippen LogP contribution in [-0.2, 0) is 31.7 Å². The third-order valence-electron chi connectivity index (χ3n) is 3.55. The van der Waals surface area contributed by atoms with Crippen LogP contribution in [0.3, 0.4) is 0 Å². The molecule has 0 aliphatic heterocycles. The van der Waals surface area contributed by atoms with Crippen molar-refractivity contribution in [3.8, 4) is 0 Å². The first-order chi connectivity index (χ1) is 11.7. The van der Waals surface area contributed by atoms with Crippen LogP contribution in [0.15, 0.2) is 24.3 Å². The van der Waals surface area contributed by atoms with E-state index in [0.29, 0.717) is 6.42 Å². The highest BCUT2D eigenvalue weighted by molar-refractivity contribution is 5.86. The maximum Gasteiger partial charge on any atom is 0.416 e. The van der Waals surface area contributed by atoms with E-state index < -0.39 is 29.7 Å². The van der Waals surface area contributed by atoms with Gasteiger partial charge in [0.05, 0.1) is 19.1 Å². The van der Waals surface area contributed by atoms with Gasteiger partial charge in [0.25, 0.3) is 0 Å². The number of nitrogens with one attached hydrogen (secondary N) is 1. The first kappa shape index (κ1) is 20.7. The van der Waals surface area contributed by atoms with E-state index in [1.54, 1.807) is 6.92 Å². The monoisotopic (exact) mass is 359 g/mol. The molecule has 0 spiro atoms. The Kier molecular flexibility index (Phi) is 7.60. The second kappa shape index (κ2) is 9.19. The number of carbonyl (C=O) groups excluding carboxylic acids is 3. The van der Waals surface area contributed by atoms with E-state index in [1.165, 1.54) is 12.1 Å². The highest BCUT2D eigenvalue weighted by atomic mass is 19.4. The van der Waals surface area contributed by atoms with Crippen LogP contribution in [0.25, 0.3) is 0 Å². The summed E-state index contributed by atoms with van der Waals surface area (Å²) < 4.78 is 42.6. The third-order valence-corrected chi connectivity index (χ3v) is 3.55. The van der Waals surface area contributed by atoms with Crippen molar-refractivity contribution in [1.29, 1.82) is 0 Å². The molecule has 0 radical (unpaired) electrons. The number of carbonyl (C=O) groups is 3. The molecule has 1 atom stereocenters. The molecule has 0 unspecified atom stereocenters. The number of ether oxygens (including phenoxy) is 1. The summed E-state index contributed by atoms with van der Waals surface area (Å²) in [4.78, 5) is 35.1. The number of alkyl halides is 3. The van der Waals surface area contributed by atoms with E-state index >= 15 is 0 Å². The van der Waals surface area contributed by atoms with E-state index in [-0.39, 0.29) is 30.6 Å². The Morgan fingerprint density at radius 2 is 1.92 bits per heavy atom. The summed E-state index contributed by atoms with van der Waals surface area (Å²) in [6, 6.07) is 3.38. The van der Waals surface area contributed by atoms with Crippen LogP contribution in [0.4, 0.5) is 13.2 Å². The van der Waals surface area contributed by atoms with Crippen molar-refractivity contribution < 1.29 is 32.3 Å². The maximum atomic E-state index is 12.7. The summed E-state index contributed by atoms with van der Waals surface area (Å²) in [7, 11) is 1.15. The minimum absolute atomic E-state index is 0.0685. The number of rotatable bonds is 8. The largest absolute Gasteiger partial charge is 0.467 e. The Bertz CT molecular complexity index is 629. The molecule has 25 heavy (non-hydrogen) atoms. The van der Waals surface area contributed by atoms with Gasteiger partial charge in [0.15, 0.2) is 0 Å². The van der Waals surface area contributed by atoms with Crippen LogP contribution < -0.4 is 5.32 Å². The van der Waals surface area contributed by atoms with Crippen LogP contribution in [0, 0.1) is 0 Å². The van der Waals surface area contributed by atoms with Gasteiger partial charge in [0, 0.05) is 12.8 Å². The zero-order valence-corrected chi connectivity index (χ0v) is 14.0. The number of benzene rings is 1. The van der Waals surface area contributed by atoms with Crippen LogP contribution >= 0.6 is 0 Å². The standard InChI is InChI=1S/C17H20F3NO4/c1-3-13(22)7-8-14(16(24)25-2)21-15(23)10-11-5-4-6-12(9-11)17(18,19)20/h4-6,9,14H,3,7-8,10H2,1-2H3,(H,21,23)/t14-/m1/s1. The van der Waals surface area contributed by atoms with E-state index in [1.807, 2.05) is 0 Å². The van der Waals surface area contributed by atoms with Crippen molar-refractivity contribution in [3.05, 3.63) is 35.4 Å². The number of hydrogen-bond acceptors (Lipinski definition) is 4. The molecule has 1 N–H and O–H groups in total. The lowest BCUT2D eigenvalue weighted by Crippen LogP contribution is -2.42. The van der Waals surface area contributed by atoms with Crippen LogP contribution in [-0.4, -0.2) is 30.8 Å². The Morgan fingerprint density at radius 3 is 2.48 bits per heavy atom. The Balaban J connectivity index is 2.74. The van der Waals surface area contributed by atoms with Crippen LogP contribution in [0.5, 0.6) is 0 Å². The summed E-state index contributed by atoms with van der Waals surface area (Å²) in [5.41, 5.74) is -0.684. The lowest BCUT2D eigenvalue weighted by atomic mass is 10.1. The number of hydrogen-bond donors (Lipinski definition) is 1. The molecule has 0 saturated carbocycles. The van der Waals surface area contributed by atoms with Gasteiger partial charge in [0.1, 0.15) is 11.8 Å². The molecule has 0 bridgehead atoms. The van der Waals surface area contributed by atoms with Crippen molar-refractivity contribution in [1.82, 2.24) is 5.32 Å². The van der Waals surface area contributed by atoms with E-state index in [4.69, 9.17) is 0 Å². The summed E-state index contributed by atoms with van der Waals surface area (Å²) in [6.07, 6.45) is -4.33. The van der Waals surface area contributed by atoms with Crippen LogP contribution in [0.1, 0.15) is 37.3 Å². The van der Waals surface area contributed by atoms with Crippen molar-refractivity contribution in [3.63, 3.8) is 0 Å². The van der Waals surface area contributed by atoms with E-state index in [0.717, 1.165) is 19.2 Å². The number of Topliss-reactive ketones (excluding diaryl/α,β-unsaturated/α-hetero) is 1. The van der Waals surface area contributed by atoms with Crippen molar-refractivity contribution in [2.45, 2.75) is 44.8 Å². The van der Waals surface area contributed by atoms with Crippen molar-refractivity contribution in [2.75, 3.05) is 7.11 Å². The van der Waals surface area contributed by atoms with Gasteiger partial charge in [-0.1, -0.05) is 25.1 Å². The molecule has 0 heterocycles. The molecule has 0 aliphatic carbocycles. The summed E-state index contributed by atoms with van der Waals surface area (Å²) in [5, 5.41) is 2.41. The molecule has 5 nitrogen and oxygen atoms in total. The summed E-state index contributed by atoms with van der Waals surface area (Å²) in [5.74, 6) is -1.40. The van der Waals surface area contributed by atoms with Gasteiger partial charge >= 0.3 is 12.1 Å². The predicted molar refractivity (Wildman–Crippen MR) is 83.6 cm³/mol. The molecule has 1 rings (SSSR count). The predicted octanol–water partition coefficient (Wildman–Crippen LogP) is 2.67. The molecule has 138 valence electrons. The highest BCUT2D eigenvalue weighted by Crippen LogP contribution is 2.29. The smallest absolute Gasteiger partial charge is 0.416 e. The highest BCUT2D eigenvalue weighted by Gasteiger charge is 2.30. The number of esters is 1. The minimum Gasteiger partial charge on any atom is -0.467 e. The molecule has 0 aromatic heterocycles. The fourth-order valence-corrected chi connectivity index (χ4v) is 2.16. The number of amides is 1. The van der Waals surface area contributed by atoms with Crippen molar-refractivity contribution in [2.24, 2.45) is 0 Å². The second-order valence-corrected chi connectivity index (χ2v) is 5.45. The molecule has 0 saturated heterocycles. The number of ketones is 1. The van der Waals surface area contributed by atoms with Gasteiger partial charge in [-0.25, -0.2) is 4.79 Å². The Labute approximate surface area is 143 Å². The van der Waals surface area contributed by atoms with Gasteiger partial charge in [-0.3, -0.25) is 9.59 Å². The first-order valence-electron chi connectivity index (χ1n) is 7.72. The maximum absolute atomic E-state index is 12.7. The fraction of sp³-hybridized carbons (Fsp3) is 0.471. The normalized spacial score (nSPS) is 12.4. The van der Waals surface area contributed by atoms with Crippen LogP contribution in [0.2, 0.25) is 0 Å². The van der Waals surface area contributed by atoms with E-state index in [9.17, 15) is 27.6 Å². The number of methoxy groups -OCH3 is 1. The molecule has 1 amide bonds. The summed E-state index contributed by atoms with van der Waals surface area (Å²) in [6.45, 7) is 1.68. The van der Waals surface area contributed by atoms with Crippen molar-refractivity contribution >= 4 is 17.7 Å². The van der Waals surface area contributed by atoms with E-state index in [2.05, 4.69) is 10.1 Å². The zero-order valence-electron chi connectivity index (χ0n) is 14.0. The van der Waals surface area contributed by atoms with Gasteiger partial charge < -0.3 is 10.1 Å². The fourth-order valence-electron chi connectivity index (χ4n) is 2.16. The molecule has 1 aromatic rings. The van der Waals surface area contributed by atoms with Gasteiger partial charge in [-0.15, -0.1) is 0 Å². The average molecular weight is 359 g/mol.